The summed E-state index contributed by atoms with van der Waals surface area (Å²) in [4.78, 5) is 18.9. The molecular formula is C18H20ClN3O3S2. The third-order valence-corrected chi connectivity index (χ3v) is 7.22. The van der Waals surface area contributed by atoms with Crippen molar-refractivity contribution in [3.63, 3.8) is 0 Å². The van der Waals surface area contributed by atoms with Gasteiger partial charge in [0.05, 0.1) is 9.92 Å². The molecule has 3 rings (SSSR count). The lowest BCUT2D eigenvalue weighted by Gasteiger charge is -2.34. The highest BCUT2D eigenvalue weighted by atomic mass is 35.5. The molecule has 1 aromatic heterocycles. The van der Waals surface area contributed by atoms with E-state index in [1.165, 1.54) is 16.4 Å². The first-order valence-electron chi connectivity index (χ1n) is 8.55. The number of rotatable bonds is 5. The van der Waals surface area contributed by atoms with Gasteiger partial charge < -0.3 is 4.90 Å². The van der Waals surface area contributed by atoms with Crippen LogP contribution < -0.4 is 0 Å². The van der Waals surface area contributed by atoms with Gasteiger partial charge in [0.2, 0.25) is 10.0 Å². The van der Waals surface area contributed by atoms with E-state index in [0.717, 1.165) is 10.8 Å². The SMILES string of the molecule is CCSc1cc(C(=O)N2CCN(S(=O)(=O)c3ccc(Cl)cc3)CC2)ccn1. The van der Waals surface area contributed by atoms with Crippen molar-refractivity contribution in [2.45, 2.75) is 16.8 Å². The minimum Gasteiger partial charge on any atom is -0.336 e. The maximum atomic E-state index is 12.7. The first-order valence-corrected chi connectivity index (χ1v) is 11.4. The highest BCUT2D eigenvalue weighted by molar-refractivity contribution is 7.99. The second kappa shape index (κ2) is 8.60. The van der Waals surface area contributed by atoms with Crippen molar-refractivity contribution < 1.29 is 13.2 Å². The van der Waals surface area contributed by atoms with Crippen LogP contribution in [0.3, 0.4) is 0 Å². The largest absolute Gasteiger partial charge is 0.336 e. The molecular weight excluding hydrogens is 406 g/mol. The Morgan fingerprint density at radius 3 is 2.44 bits per heavy atom. The van der Waals surface area contributed by atoms with E-state index in [1.807, 2.05) is 6.92 Å². The molecule has 0 aliphatic carbocycles. The van der Waals surface area contributed by atoms with E-state index in [2.05, 4.69) is 4.98 Å². The molecule has 6 nitrogen and oxygen atoms in total. The minimum atomic E-state index is -3.58. The normalized spacial score (nSPS) is 15.7. The monoisotopic (exact) mass is 425 g/mol. The maximum Gasteiger partial charge on any atom is 0.254 e. The van der Waals surface area contributed by atoms with Crippen molar-refractivity contribution in [1.29, 1.82) is 0 Å². The van der Waals surface area contributed by atoms with Gasteiger partial charge in [0.1, 0.15) is 0 Å². The number of carbonyl (C=O) groups is 1. The molecule has 144 valence electrons. The highest BCUT2D eigenvalue weighted by Crippen LogP contribution is 2.21. The van der Waals surface area contributed by atoms with Gasteiger partial charge in [0.15, 0.2) is 0 Å². The molecule has 0 unspecified atom stereocenters. The summed E-state index contributed by atoms with van der Waals surface area (Å²) in [7, 11) is -3.58. The third kappa shape index (κ3) is 4.63. The number of benzene rings is 1. The predicted molar refractivity (Wildman–Crippen MR) is 107 cm³/mol. The van der Waals surface area contributed by atoms with Gasteiger partial charge >= 0.3 is 0 Å². The molecule has 1 aromatic carbocycles. The standard InChI is InChI=1S/C18H20ClN3O3S2/c1-2-26-17-13-14(7-8-20-17)18(23)21-9-11-22(12-10-21)27(24,25)16-5-3-15(19)4-6-16/h3-8,13H,2,9-12H2,1H3. The summed E-state index contributed by atoms with van der Waals surface area (Å²) in [5.41, 5.74) is 0.579. The molecule has 0 N–H and O–H groups in total. The summed E-state index contributed by atoms with van der Waals surface area (Å²) >= 11 is 7.41. The summed E-state index contributed by atoms with van der Waals surface area (Å²) in [5.74, 6) is 0.783. The second-order valence-corrected chi connectivity index (χ2v) is 9.62. The maximum absolute atomic E-state index is 12.7. The molecule has 0 bridgehead atoms. The molecule has 1 saturated heterocycles. The molecule has 0 atom stereocenters. The second-order valence-electron chi connectivity index (χ2n) is 5.97. The van der Waals surface area contributed by atoms with Gasteiger partial charge in [-0.25, -0.2) is 13.4 Å². The van der Waals surface area contributed by atoms with E-state index in [1.54, 1.807) is 47.1 Å². The fraction of sp³-hybridized carbons (Fsp3) is 0.333. The van der Waals surface area contributed by atoms with Crippen molar-refractivity contribution >= 4 is 39.3 Å². The Morgan fingerprint density at radius 2 is 1.81 bits per heavy atom. The average Bonchev–Trinajstić information content (AvgIpc) is 2.68. The van der Waals surface area contributed by atoms with Crippen molar-refractivity contribution in [3.05, 3.63) is 53.2 Å². The van der Waals surface area contributed by atoms with Crippen LogP contribution in [0.15, 0.2) is 52.5 Å². The molecule has 2 aromatic rings. The molecule has 0 radical (unpaired) electrons. The lowest BCUT2D eigenvalue weighted by Crippen LogP contribution is -2.50. The number of amides is 1. The highest BCUT2D eigenvalue weighted by Gasteiger charge is 2.30. The van der Waals surface area contributed by atoms with E-state index >= 15 is 0 Å². The molecule has 1 fully saturated rings. The van der Waals surface area contributed by atoms with Gasteiger partial charge in [-0.1, -0.05) is 18.5 Å². The first-order chi connectivity index (χ1) is 12.9. The number of piperazine rings is 1. The molecule has 27 heavy (non-hydrogen) atoms. The third-order valence-electron chi connectivity index (χ3n) is 4.25. The first kappa shape index (κ1) is 20.1. The number of aromatic nitrogens is 1. The molecule has 2 heterocycles. The van der Waals surface area contributed by atoms with Crippen LogP contribution in [0.1, 0.15) is 17.3 Å². The number of hydrogen-bond acceptors (Lipinski definition) is 5. The molecule has 1 amide bonds. The zero-order valence-electron chi connectivity index (χ0n) is 14.8. The number of pyridine rings is 1. The zero-order valence-corrected chi connectivity index (χ0v) is 17.2. The zero-order chi connectivity index (χ0) is 19.4. The van der Waals surface area contributed by atoms with Gasteiger partial charge in [0, 0.05) is 43.0 Å². The van der Waals surface area contributed by atoms with Crippen molar-refractivity contribution in [1.82, 2.24) is 14.2 Å². The number of sulfonamides is 1. The number of hydrogen-bond donors (Lipinski definition) is 0. The Kier molecular flexibility index (Phi) is 6.41. The quantitative estimate of drug-likeness (QED) is 0.688. The minimum absolute atomic E-state index is 0.0982. The summed E-state index contributed by atoms with van der Waals surface area (Å²) in [6.07, 6.45) is 1.63. The number of halogens is 1. The van der Waals surface area contributed by atoms with E-state index < -0.39 is 10.0 Å². The van der Waals surface area contributed by atoms with Crippen molar-refractivity contribution in [3.8, 4) is 0 Å². The molecule has 9 heteroatoms. The van der Waals surface area contributed by atoms with E-state index in [9.17, 15) is 13.2 Å². The van der Waals surface area contributed by atoms with Crippen molar-refractivity contribution in [2.75, 3.05) is 31.9 Å². The number of thioether (sulfide) groups is 1. The fourth-order valence-corrected chi connectivity index (χ4v) is 5.03. The van der Waals surface area contributed by atoms with E-state index in [4.69, 9.17) is 11.6 Å². The summed E-state index contributed by atoms with van der Waals surface area (Å²) in [6, 6.07) is 9.59. The fourth-order valence-electron chi connectivity index (χ4n) is 2.84. The summed E-state index contributed by atoms with van der Waals surface area (Å²) < 4.78 is 26.9. The van der Waals surface area contributed by atoms with Gasteiger partial charge in [-0.05, 0) is 42.2 Å². The van der Waals surface area contributed by atoms with Crippen LogP contribution in [0.5, 0.6) is 0 Å². The Labute approximate surface area is 168 Å². The Hall–Kier alpha value is -1.61. The van der Waals surface area contributed by atoms with Crippen LogP contribution in [-0.2, 0) is 10.0 Å². The van der Waals surface area contributed by atoms with Gasteiger partial charge in [0.25, 0.3) is 5.91 Å². The van der Waals surface area contributed by atoms with Gasteiger partial charge in [-0.3, -0.25) is 4.79 Å². The molecule has 0 spiro atoms. The lowest BCUT2D eigenvalue weighted by molar-refractivity contribution is 0.0697. The van der Waals surface area contributed by atoms with Crippen LogP contribution in [0, 0.1) is 0 Å². The predicted octanol–water partition coefficient (Wildman–Crippen LogP) is 2.99. The van der Waals surface area contributed by atoms with E-state index in [0.29, 0.717) is 23.7 Å². The average molecular weight is 426 g/mol. The summed E-state index contributed by atoms with van der Waals surface area (Å²) in [5, 5.41) is 1.30. The van der Waals surface area contributed by atoms with Gasteiger partial charge in [-0.15, -0.1) is 11.8 Å². The van der Waals surface area contributed by atoms with E-state index in [-0.39, 0.29) is 23.9 Å². The van der Waals surface area contributed by atoms with Crippen LogP contribution >= 0.6 is 23.4 Å². The Balaban J connectivity index is 1.67. The number of carbonyl (C=O) groups excluding carboxylic acids is 1. The van der Waals surface area contributed by atoms with Crippen LogP contribution in [-0.4, -0.2) is 60.4 Å². The Bertz CT molecular complexity index is 912. The van der Waals surface area contributed by atoms with Crippen LogP contribution in [0.2, 0.25) is 5.02 Å². The topological polar surface area (TPSA) is 70.6 Å². The number of nitrogens with zero attached hydrogens (tertiary/aromatic N) is 3. The lowest BCUT2D eigenvalue weighted by atomic mass is 10.2. The Morgan fingerprint density at radius 1 is 1.15 bits per heavy atom. The summed E-state index contributed by atoms with van der Waals surface area (Å²) in [6.45, 7) is 3.26. The molecule has 0 saturated carbocycles. The van der Waals surface area contributed by atoms with Crippen molar-refractivity contribution in [2.24, 2.45) is 0 Å². The van der Waals surface area contributed by atoms with Crippen LogP contribution in [0.4, 0.5) is 0 Å². The van der Waals surface area contributed by atoms with Gasteiger partial charge in [-0.2, -0.15) is 4.31 Å². The molecule has 1 aliphatic rings. The molecule has 1 aliphatic heterocycles. The smallest absolute Gasteiger partial charge is 0.254 e. The van der Waals surface area contributed by atoms with Crippen LogP contribution in [0.25, 0.3) is 0 Å².